The van der Waals surface area contributed by atoms with Crippen LogP contribution in [-0.2, 0) is 12.2 Å². The van der Waals surface area contributed by atoms with Crippen LogP contribution in [0.4, 0.5) is 0 Å². The maximum absolute atomic E-state index is 5.32. The molecule has 18 heavy (non-hydrogen) atoms. The van der Waals surface area contributed by atoms with Gasteiger partial charge in [0.1, 0.15) is 0 Å². The van der Waals surface area contributed by atoms with Gasteiger partial charge >= 0.3 is 0 Å². The van der Waals surface area contributed by atoms with E-state index in [4.69, 9.17) is 4.52 Å². The Morgan fingerprint density at radius 1 is 1.44 bits per heavy atom. The van der Waals surface area contributed by atoms with Crippen LogP contribution in [0, 0.1) is 11.8 Å². The number of likely N-dealkylation sites (N-methyl/N-ethyl adjacent to an activating group) is 1. The van der Waals surface area contributed by atoms with Crippen molar-refractivity contribution in [1.82, 2.24) is 15.5 Å². The number of rotatable bonds is 8. The normalized spacial score (nSPS) is 17.3. The Bertz CT molecular complexity index is 363. The molecule has 0 amide bonds. The van der Waals surface area contributed by atoms with Crippen molar-refractivity contribution in [2.75, 3.05) is 12.8 Å². The van der Waals surface area contributed by atoms with Crippen molar-refractivity contribution < 1.29 is 4.52 Å². The van der Waals surface area contributed by atoms with E-state index in [9.17, 15) is 0 Å². The highest BCUT2D eigenvalue weighted by molar-refractivity contribution is 7.98. The van der Waals surface area contributed by atoms with E-state index in [0.29, 0.717) is 12.0 Å². The van der Waals surface area contributed by atoms with Gasteiger partial charge < -0.3 is 9.84 Å². The third kappa shape index (κ3) is 4.28. The molecule has 0 aromatic carbocycles. The summed E-state index contributed by atoms with van der Waals surface area (Å²) in [5, 5.41) is 7.39. The van der Waals surface area contributed by atoms with E-state index in [1.54, 1.807) is 0 Å². The Kier molecular flexibility index (Phi) is 5.06. The molecule has 4 nitrogen and oxygen atoms in total. The smallest absolute Gasteiger partial charge is 0.228 e. The van der Waals surface area contributed by atoms with Crippen LogP contribution in [0.25, 0.3) is 0 Å². The summed E-state index contributed by atoms with van der Waals surface area (Å²) in [5.41, 5.74) is 0. The largest absolute Gasteiger partial charge is 0.339 e. The highest BCUT2D eigenvalue weighted by atomic mass is 32.2. The predicted octanol–water partition coefficient (Wildman–Crippen LogP) is 2.50. The second kappa shape index (κ2) is 6.57. The summed E-state index contributed by atoms with van der Waals surface area (Å²) in [6.45, 7) is 4.45. The van der Waals surface area contributed by atoms with Crippen molar-refractivity contribution in [3.05, 3.63) is 11.7 Å². The third-order valence-electron chi connectivity index (χ3n) is 3.15. The lowest BCUT2D eigenvalue weighted by molar-refractivity contribution is 0.349. The summed E-state index contributed by atoms with van der Waals surface area (Å²) in [7, 11) is 2.01. The monoisotopic (exact) mass is 269 g/mol. The fourth-order valence-electron chi connectivity index (χ4n) is 2.01. The maximum atomic E-state index is 5.32. The molecule has 1 aliphatic carbocycles. The lowest BCUT2D eigenvalue weighted by Crippen LogP contribution is -2.29. The fraction of sp³-hybridized carbons (Fsp3) is 0.846. The van der Waals surface area contributed by atoms with Crippen LogP contribution >= 0.6 is 11.8 Å². The van der Waals surface area contributed by atoms with Gasteiger partial charge in [0, 0.05) is 12.5 Å². The van der Waals surface area contributed by atoms with Crippen molar-refractivity contribution in [3.63, 3.8) is 0 Å². The summed E-state index contributed by atoms with van der Waals surface area (Å²) in [6.07, 6.45) is 3.52. The van der Waals surface area contributed by atoms with E-state index in [2.05, 4.69) is 29.3 Å². The molecule has 0 saturated heterocycles. The molecule has 0 bridgehead atoms. The molecule has 0 radical (unpaired) electrons. The molecule has 2 rings (SSSR count). The standard InChI is InChI=1S/C13H23N3OS/c1-9(2)7-18-8-12-15-13(17-16-12)6-11(14-3)10-4-5-10/h9-11,14H,4-8H2,1-3H3. The first-order valence-electron chi connectivity index (χ1n) is 6.75. The van der Waals surface area contributed by atoms with E-state index in [-0.39, 0.29) is 0 Å². The molecular weight excluding hydrogens is 246 g/mol. The number of nitrogens with one attached hydrogen (secondary N) is 1. The van der Waals surface area contributed by atoms with Crippen LogP contribution in [0.3, 0.4) is 0 Å². The molecule has 1 atom stereocenters. The summed E-state index contributed by atoms with van der Waals surface area (Å²) < 4.78 is 5.32. The zero-order valence-electron chi connectivity index (χ0n) is 11.5. The molecule has 0 spiro atoms. The number of hydrogen-bond acceptors (Lipinski definition) is 5. The number of aromatic nitrogens is 2. The molecule has 1 aliphatic rings. The number of hydrogen-bond donors (Lipinski definition) is 1. The van der Waals surface area contributed by atoms with Gasteiger partial charge in [-0.2, -0.15) is 16.7 Å². The lowest BCUT2D eigenvalue weighted by Gasteiger charge is -2.11. The van der Waals surface area contributed by atoms with Crippen LogP contribution in [0.15, 0.2) is 4.52 Å². The molecule has 5 heteroatoms. The predicted molar refractivity (Wildman–Crippen MR) is 74.6 cm³/mol. The molecule has 1 fully saturated rings. The van der Waals surface area contributed by atoms with Gasteiger partial charge in [-0.1, -0.05) is 19.0 Å². The second-order valence-corrected chi connectivity index (χ2v) is 6.48. The average Bonchev–Trinajstić information content (AvgIpc) is 3.08. The molecule has 1 aromatic heterocycles. The molecule has 1 N–H and O–H groups in total. The topological polar surface area (TPSA) is 51.0 Å². The average molecular weight is 269 g/mol. The quantitative estimate of drug-likeness (QED) is 0.786. The van der Waals surface area contributed by atoms with Gasteiger partial charge in [-0.3, -0.25) is 0 Å². The van der Waals surface area contributed by atoms with E-state index < -0.39 is 0 Å². The second-order valence-electron chi connectivity index (χ2n) is 5.45. The van der Waals surface area contributed by atoms with Crippen molar-refractivity contribution in [3.8, 4) is 0 Å². The Morgan fingerprint density at radius 3 is 2.83 bits per heavy atom. The van der Waals surface area contributed by atoms with Crippen molar-refractivity contribution in [2.45, 2.75) is 44.9 Å². The van der Waals surface area contributed by atoms with Gasteiger partial charge in [0.25, 0.3) is 0 Å². The summed E-state index contributed by atoms with van der Waals surface area (Å²) >= 11 is 1.87. The first kappa shape index (κ1) is 13.9. The Labute approximate surface area is 113 Å². The van der Waals surface area contributed by atoms with Gasteiger partial charge in [0.05, 0.1) is 5.75 Å². The molecule has 1 heterocycles. The Morgan fingerprint density at radius 2 is 2.22 bits per heavy atom. The minimum absolute atomic E-state index is 0.501. The van der Waals surface area contributed by atoms with Crippen molar-refractivity contribution in [1.29, 1.82) is 0 Å². The number of nitrogens with zero attached hydrogens (tertiary/aromatic N) is 2. The summed E-state index contributed by atoms with van der Waals surface area (Å²) in [5.74, 6) is 5.13. The zero-order valence-corrected chi connectivity index (χ0v) is 12.3. The van der Waals surface area contributed by atoms with E-state index in [0.717, 1.165) is 35.6 Å². The SMILES string of the molecule is CNC(Cc1nc(CSCC(C)C)no1)C1CC1. The minimum Gasteiger partial charge on any atom is -0.339 e. The van der Waals surface area contributed by atoms with Crippen LogP contribution in [0.1, 0.15) is 38.4 Å². The highest BCUT2D eigenvalue weighted by Crippen LogP contribution is 2.33. The van der Waals surface area contributed by atoms with E-state index >= 15 is 0 Å². The molecule has 1 aromatic rings. The maximum Gasteiger partial charge on any atom is 0.228 e. The van der Waals surface area contributed by atoms with Gasteiger partial charge in [-0.05, 0) is 37.5 Å². The Balaban J connectivity index is 1.78. The van der Waals surface area contributed by atoms with Crippen molar-refractivity contribution >= 4 is 11.8 Å². The minimum atomic E-state index is 0.501. The molecular formula is C13H23N3OS. The Hall–Kier alpha value is -0.550. The first-order chi connectivity index (χ1) is 8.69. The zero-order chi connectivity index (χ0) is 13.0. The highest BCUT2D eigenvalue weighted by Gasteiger charge is 2.31. The van der Waals surface area contributed by atoms with Crippen LogP contribution in [0.2, 0.25) is 0 Å². The van der Waals surface area contributed by atoms with Crippen molar-refractivity contribution in [2.24, 2.45) is 11.8 Å². The van der Waals surface area contributed by atoms with Gasteiger partial charge in [-0.25, -0.2) is 0 Å². The van der Waals surface area contributed by atoms with Gasteiger partial charge in [-0.15, -0.1) is 0 Å². The van der Waals surface area contributed by atoms with Gasteiger partial charge in [0.2, 0.25) is 5.89 Å². The molecule has 1 saturated carbocycles. The first-order valence-corrected chi connectivity index (χ1v) is 7.91. The third-order valence-corrected chi connectivity index (χ3v) is 4.51. The van der Waals surface area contributed by atoms with E-state index in [1.165, 1.54) is 12.8 Å². The molecule has 102 valence electrons. The van der Waals surface area contributed by atoms with Gasteiger partial charge in [0.15, 0.2) is 5.82 Å². The molecule has 1 unspecified atom stereocenters. The number of thioether (sulfide) groups is 1. The summed E-state index contributed by atoms with van der Waals surface area (Å²) in [4.78, 5) is 4.47. The lowest BCUT2D eigenvalue weighted by atomic mass is 10.1. The van der Waals surface area contributed by atoms with Crippen LogP contribution in [-0.4, -0.2) is 29.0 Å². The van der Waals surface area contributed by atoms with Crippen LogP contribution in [0.5, 0.6) is 0 Å². The van der Waals surface area contributed by atoms with E-state index in [1.807, 2.05) is 18.8 Å². The molecule has 0 aliphatic heterocycles. The summed E-state index contributed by atoms with van der Waals surface area (Å²) in [6, 6.07) is 0.501. The van der Waals surface area contributed by atoms with Crippen LogP contribution < -0.4 is 5.32 Å². The fourth-order valence-corrected chi connectivity index (χ4v) is 2.90.